The first kappa shape index (κ1) is 19.2. The van der Waals surface area contributed by atoms with Crippen LogP contribution in [0.4, 0.5) is 4.79 Å². The average molecular weight is 382 g/mol. The molecule has 2 N–H and O–H groups in total. The molecule has 0 aliphatic heterocycles. The fourth-order valence-corrected chi connectivity index (χ4v) is 7.75. The van der Waals surface area contributed by atoms with E-state index in [4.69, 9.17) is 15.6 Å². The van der Waals surface area contributed by atoms with Gasteiger partial charge in [0.2, 0.25) is 0 Å². The van der Waals surface area contributed by atoms with E-state index >= 15 is 0 Å². The van der Waals surface area contributed by atoms with Crippen molar-refractivity contribution in [2.24, 2.45) is 0 Å². The van der Waals surface area contributed by atoms with Gasteiger partial charge in [0.25, 0.3) is 0 Å². The van der Waals surface area contributed by atoms with Crippen LogP contribution in [-0.4, -0.2) is 39.2 Å². The van der Waals surface area contributed by atoms with Crippen LogP contribution in [0.15, 0.2) is 0 Å². The number of thiocyanates is 1. The summed E-state index contributed by atoms with van der Waals surface area (Å²) < 4.78 is 54.5. The highest BCUT2D eigenvalue weighted by Gasteiger charge is 2.60. The Balaban J connectivity index is 6.63. The number of hydrogen-bond acceptors (Lipinski definition) is 12. The van der Waals surface area contributed by atoms with Gasteiger partial charge in [-0.2, -0.15) is 13.7 Å². The molecule has 0 saturated carbocycles. The van der Waals surface area contributed by atoms with Crippen molar-refractivity contribution in [1.29, 1.82) is 10.5 Å². The summed E-state index contributed by atoms with van der Waals surface area (Å²) >= 11 is 0. The number of hydrogen-bond donors (Lipinski definition) is 2. The summed E-state index contributed by atoms with van der Waals surface area (Å²) in [5.41, 5.74) is 0. The average Bonchev–Trinajstić information content (AvgIpc) is 2.27. The minimum Gasteiger partial charge on any atom is -0.471 e. The third-order valence-corrected chi connectivity index (χ3v) is 9.74. The first-order valence-corrected chi connectivity index (χ1v) is 9.41. The largest absolute Gasteiger partial charge is 0.526 e. The third kappa shape index (κ3) is 3.63. The Morgan fingerprint density at radius 1 is 1.33 bits per heavy atom. The van der Waals surface area contributed by atoms with E-state index in [2.05, 4.69) is 4.18 Å². The molecule has 18 heteroatoms. The van der Waals surface area contributed by atoms with Crippen LogP contribution in [0.2, 0.25) is 0 Å². The van der Waals surface area contributed by atoms with Gasteiger partial charge in [0.05, 0.1) is 13.9 Å². The highest BCUT2D eigenvalue weighted by molar-refractivity contribution is 8.99. The second-order valence-corrected chi connectivity index (χ2v) is 10.0. The van der Waals surface area contributed by atoms with Gasteiger partial charge in [-0.05, 0) is 0 Å². The van der Waals surface area contributed by atoms with Crippen LogP contribution in [-0.2, 0) is 24.7 Å². The number of rotatable bonds is 6. The molecule has 21 heavy (non-hydrogen) atoms. The Morgan fingerprint density at radius 2 is 1.81 bits per heavy atom. The van der Waals surface area contributed by atoms with Gasteiger partial charge in [0.1, 0.15) is 14.9 Å². The molecule has 118 valence electrons. The molecule has 0 aromatic heterocycles. The van der Waals surface area contributed by atoms with Gasteiger partial charge in [-0.3, -0.25) is 4.18 Å². The van der Waals surface area contributed by atoms with Crippen molar-refractivity contribution in [2.45, 2.75) is 0 Å². The number of nitriles is 2. The van der Waals surface area contributed by atoms with Gasteiger partial charge in [-0.25, -0.2) is 14.9 Å². The summed E-state index contributed by atoms with van der Waals surface area (Å²) in [4.78, 5) is 21.2. The second kappa shape index (κ2) is 6.30. The molecular formula is C3H2N4O10S4. The lowest BCUT2D eigenvalue weighted by atomic mass is 11.6. The van der Waals surface area contributed by atoms with Gasteiger partial charge in [0, 0.05) is 0 Å². The van der Waals surface area contributed by atoms with Crippen molar-refractivity contribution in [3.05, 3.63) is 10.1 Å². The number of nitrogens with zero attached hydrogens (tertiary/aromatic N) is 4. The highest BCUT2D eigenvalue weighted by Crippen LogP contribution is 2.62. The van der Waals surface area contributed by atoms with Gasteiger partial charge < -0.3 is 9.66 Å². The Bertz CT molecular complexity index is 742. The fourth-order valence-electron chi connectivity index (χ4n) is 0.681. The van der Waals surface area contributed by atoms with Crippen LogP contribution >= 0.6 is 20.3 Å². The predicted octanol–water partition coefficient (Wildman–Crippen LogP) is -0.448. The molecule has 0 amide bonds. The zero-order valence-electron chi connectivity index (χ0n) is 9.08. The molecule has 14 nitrogen and oxygen atoms in total. The van der Waals surface area contributed by atoms with Gasteiger partial charge in [0.15, 0.2) is 4.33 Å². The predicted molar refractivity (Wildman–Crippen MR) is 64.8 cm³/mol. The highest BCUT2D eigenvalue weighted by atomic mass is 33.2. The molecule has 0 aliphatic rings. The Kier molecular flexibility index (Phi) is 5.75. The third-order valence-electron chi connectivity index (χ3n) is 1.28. The van der Waals surface area contributed by atoms with Crippen LogP contribution in [0, 0.1) is 32.3 Å². The maximum Gasteiger partial charge on any atom is 0.526 e. The number of nitro groups is 1. The van der Waals surface area contributed by atoms with Gasteiger partial charge >= 0.3 is 32.1 Å². The van der Waals surface area contributed by atoms with Crippen molar-refractivity contribution in [3.8, 4) is 11.7 Å². The van der Waals surface area contributed by atoms with E-state index in [9.17, 15) is 36.3 Å². The summed E-state index contributed by atoms with van der Waals surface area (Å²) in [7, 11) is -18.1. The topological polar surface area (TPSA) is 229 Å². The normalized spacial score (nSPS) is 16.0. The molecule has 0 aliphatic carbocycles. The maximum atomic E-state index is 11.4. The number of carbonyl (C=O) groups is 1. The van der Waals surface area contributed by atoms with E-state index in [1.807, 2.05) is 0 Å². The molecular weight excluding hydrogens is 380 g/mol. The molecule has 0 rings (SSSR count). The maximum absolute atomic E-state index is 11.4. The molecule has 0 spiro atoms. The second-order valence-electron chi connectivity index (χ2n) is 2.43. The lowest BCUT2D eigenvalue weighted by Crippen LogP contribution is -2.43. The van der Waals surface area contributed by atoms with Crippen molar-refractivity contribution >= 4 is 46.1 Å². The van der Waals surface area contributed by atoms with Crippen molar-refractivity contribution < 1.29 is 39.8 Å². The minimum absolute atomic E-state index is 0.453. The zero-order valence-corrected chi connectivity index (χ0v) is 12.3. The molecule has 0 aromatic rings. The van der Waals surface area contributed by atoms with Crippen molar-refractivity contribution in [3.63, 3.8) is 0 Å². The first-order valence-electron chi connectivity index (χ1n) is 3.77. The van der Waals surface area contributed by atoms with E-state index < -0.39 is 53.6 Å². The minimum atomic E-state index is -6.22. The summed E-state index contributed by atoms with van der Waals surface area (Å²) in [5.74, 6) is 0. The van der Waals surface area contributed by atoms with E-state index in [1.165, 1.54) is 0 Å². The van der Waals surface area contributed by atoms with Crippen molar-refractivity contribution in [2.75, 3.05) is 0 Å². The van der Waals surface area contributed by atoms with Crippen molar-refractivity contribution in [1.82, 2.24) is 3.12 Å². The smallest absolute Gasteiger partial charge is 0.471 e. The molecule has 0 bridgehead atoms. The van der Waals surface area contributed by atoms with Gasteiger partial charge in [-0.1, -0.05) is 0 Å². The molecule has 0 saturated heterocycles. The summed E-state index contributed by atoms with van der Waals surface area (Å²) in [6.45, 7) is 0. The van der Waals surface area contributed by atoms with Crippen LogP contribution in [0.3, 0.4) is 0 Å². The first-order chi connectivity index (χ1) is 9.37. The number of carboxylic acid groups (broad SMARTS) is 1. The molecule has 1 atom stereocenters. The Hall–Kier alpha value is -1.83. The van der Waals surface area contributed by atoms with E-state index in [0.717, 1.165) is 5.40 Å². The Morgan fingerprint density at radius 3 is 2.10 bits per heavy atom. The summed E-state index contributed by atoms with van der Waals surface area (Å²) in [6, 6.07) is 0. The SMILES string of the molecule is N#COS(=O)(=O)N(S(O)(SC#N)C(=O)O)S(=O)(=O)[N+](=O)[O-]. The fraction of sp³-hybridized carbons (Fsp3) is 0. The van der Waals surface area contributed by atoms with Crippen LogP contribution < -0.4 is 0 Å². The summed E-state index contributed by atoms with van der Waals surface area (Å²) in [6.07, 6.45) is 0.453. The molecule has 0 heterocycles. The standard InChI is InChI=1S/C3H2N4O10S4/c4-1-17-21(15,16)7(20(13,14)6(10)11)19(12,3(8)9)18-2-5/h12H,(H,8,9). The summed E-state index contributed by atoms with van der Waals surface area (Å²) in [5, 5.41) is 33.8. The monoisotopic (exact) mass is 382 g/mol. The molecule has 0 aromatic carbocycles. The van der Waals surface area contributed by atoms with Crippen LogP contribution in [0.25, 0.3) is 0 Å². The van der Waals surface area contributed by atoms with E-state index in [0.29, 0.717) is 6.26 Å². The van der Waals surface area contributed by atoms with E-state index in [1.54, 1.807) is 0 Å². The molecule has 0 radical (unpaired) electrons. The van der Waals surface area contributed by atoms with E-state index in [-0.39, 0.29) is 0 Å². The quantitative estimate of drug-likeness (QED) is 0.257. The zero-order chi connectivity index (χ0) is 17.1. The lowest BCUT2D eigenvalue weighted by Gasteiger charge is -2.29. The van der Waals surface area contributed by atoms with Crippen LogP contribution in [0.5, 0.6) is 0 Å². The molecule has 1 unspecified atom stereocenters. The molecule has 0 fully saturated rings. The lowest BCUT2D eigenvalue weighted by molar-refractivity contribution is -0.308. The Labute approximate surface area is 121 Å². The van der Waals surface area contributed by atoms with Gasteiger partial charge in [-0.15, -0.1) is 13.7 Å². The van der Waals surface area contributed by atoms with Crippen LogP contribution in [0.1, 0.15) is 0 Å².